The van der Waals surface area contributed by atoms with Gasteiger partial charge in [-0.15, -0.1) is 0 Å². The number of aryl methyl sites for hydroxylation is 1. The molecule has 0 aliphatic rings. The van der Waals surface area contributed by atoms with E-state index < -0.39 is 5.97 Å². The van der Waals surface area contributed by atoms with Crippen LogP contribution in [0.3, 0.4) is 0 Å². The van der Waals surface area contributed by atoms with Gasteiger partial charge in [0, 0.05) is 23.8 Å². The van der Waals surface area contributed by atoms with E-state index in [4.69, 9.17) is 5.11 Å². The second-order valence-corrected chi connectivity index (χ2v) is 5.67. The van der Waals surface area contributed by atoms with Crippen LogP contribution in [0.1, 0.15) is 21.5 Å². The number of hydrogen-bond donors (Lipinski definition) is 1. The maximum Gasteiger partial charge on any atom is 0.336 e. The van der Waals surface area contributed by atoms with Crippen molar-refractivity contribution in [2.75, 3.05) is 11.9 Å². The number of benzene rings is 2. The van der Waals surface area contributed by atoms with Crippen LogP contribution in [-0.4, -0.2) is 18.1 Å². The summed E-state index contributed by atoms with van der Waals surface area (Å²) in [5, 5.41) is 9.01. The minimum Gasteiger partial charge on any atom is -0.478 e. The first-order valence-corrected chi connectivity index (χ1v) is 7.06. The highest BCUT2D eigenvalue weighted by atomic mass is 79.9. The van der Waals surface area contributed by atoms with Gasteiger partial charge in [0.25, 0.3) is 0 Å². The number of carbonyl (C=O) groups is 1. The Balaban J connectivity index is 2.17. The summed E-state index contributed by atoms with van der Waals surface area (Å²) in [6.45, 7) is 2.84. The molecular weight excluding hydrogens is 318 g/mol. The topological polar surface area (TPSA) is 40.5 Å². The van der Waals surface area contributed by atoms with Crippen molar-refractivity contribution < 1.29 is 9.90 Å². The predicted molar refractivity (Wildman–Crippen MR) is 84.4 cm³/mol. The summed E-state index contributed by atoms with van der Waals surface area (Å²) in [7, 11) is 1.99. The van der Waals surface area contributed by atoms with Gasteiger partial charge in [0.1, 0.15) is 0 Å². The Morgan fingerprint density at radius 1 is 1.20 bits per heavy atom. The Kier molecular flexibility index (Phi) is 4.45. The lowest BCUT2D eigenvalue weighted by Gasteiger charge is -2.20. The van der Waals surface area contributed by atoms with Crippen molar-refractivity contribution in [3.63, 3.8) is 0 Å². The molecule has 0 heterocycles. The molecule has 0 saturated carbocycles. The van der Waals surface area contributed by atoms with E-state index in [2.05, 4.69) is 52.0 Å². The van der Waals surface area contributed by atoms with Crippen molar-refractivity contribution in [3.8, 4) is 0 Å². The maximum atomic E-state index is 11.0. The lowest BCUT2D eigenvalue weighted by Crippen LogP contribution is -2.16. The molecule has 1 N–H and O–H groups in total. The molecule has 0 aliphatic heterocycles. The second-order valence-electron chi connectivity index (χ2n) is 4.81. The normalized spacial score (nSPS) is 10.3. The zero-order valence-corrected chi connectivity index (χ0v) is 13.0. The Hall–Kier alpha value is -1.81. The quantitative estimate of drug-likeness (QED) is 0.915. The largest absolute Gasteiger partial charge is 0.478 e. The van der Waals surface area contributed by atoms with E-state index in [9.17, 15) is 4.79 Å². The Morgan fingerprint density at radius 2 is 1.85 bits per heavy atom. The van der Waals surface area contributed by atoms with E-state index in [0.29, 0.717) is 4.47 Å². The predicted octanol–water partition coefficient (Wildman–Crippen LogP) is 4.09. The average Bonchev–Trinajstić information content (AvgIpc) is 2.40. The Morgan fingerprint density at radius 3 is 2.40 bits per heavy atom. The van der Waals surface area contributed by atoms with E-state index >= 15 is 0 Å². The lowest BCUT2D eigenvalue weighted by molar-refractivity contribution is 0.0696. The smallest absolute Gasteiger partial charge is 0.336 e. The zero-order valence-electron chi connectivity index (χ0n) is 11.4. The first-order valence-electron chi connectivity index (χ1n) is 6.27. The molecule has 2 rings (SSSR count). The number of halogens is 1. The van der Waals surface area contributed by atoms with Crippen LogP contribution in [0.5, 0.6) is 0 Å². The van der Waals surface area contributed by atoms with E-state index in [1.165, 1.54) is 11.1 Å². The first kappa shape index (κ1) is 14.6. The minimum atomic E-state index is -0.926. The molecule has 0 fully saturated rings. The van der Waals surface area contributed by atoms with Gasteiger partial charge in [-0.05, 0) is 46.6 Å². The fourth-order valence-electron chi connectivity index (χ4n) is 1.97. The summed E-state index contributed by atoms with van der Waals surface area (Å²) in [6.07, 6.45) is 0. The van der Waals surface area contributed by atoms with Crippen molar-refractivity contribution in [2.45, 2.75) is 13.5 Å². The van der Waals surface area contributed by atoms with Crippen LogP contribution >= 0.6 is 15.9 Å². The van der Waals surface area contributed by atoms with Gasteiger partial charge >= 0.3 is 5.97 Å². The fourth-order valence-corrected chi connectivity index (χ4v) is 2.51. The molecular formula is C16H16BrNO2. The molecule has 0 amide bonds. The number of carboxylic acids is 1. The van der Waals surface area contributed by atoms with E-state index in [1.54, 1.807) is 6.07 Å². The number of rotatable bonds is 4. The van der Waals surface area contributed by atoms with Gasteiger partial charge in [-0.1, -0.05) is 29.8 Å². The molecule has 4 heteroatoms. The third-order valence-corrected chi connectivity index (χ3v) is 3.82. The van der Waals surface area contributed by atoms with Crippen LogP contribution in [0.4, 0.5) is 5.69 Å². The highest BCUT2D eigenvalue weighted by Gasteiger charge is 2.10. The van der Waals surface area contributed by atoms with E-state index in [1.807, 2.05) is 19.2 Å². The number of hydrogen-bond acceptors (Lipinski definition) is 2. The lowest BCUT2D eigenvalue weighted by atomic mass is 10.1. The van der Waals surface area contributed by atoms with Gasteiger partial charge in [0.2, 0.25) is 0 Å². The molecule has 0 aliphatic carbocycles. The summed E-state index contributed by atoms with van der Waals surface area (Å²) in [4.78, 5) is 13.1. The van der Waals surface area contributed by atoms with Crippen LogP contribution in [-0.2, 0) is 6.54 Å². The highest BCUT2D eigenvalue weighted by Crippen LogP contribution is 2.24. The zero-order chi connectivity index (χ0) is 14.7. The molecule has 0 radical (unpaired) electrons. The molecule has 0 saturated heterocycles. The average molecular weight is 334 g/mol. The van der Waals surface area contributed by atoms with Gasteiger partial charge < -0.3 is 10.0 Å². The number of aromatic carboxylic acids is 1. The molecule has 2 aromatic carbocycles. The van der Waals surface area contributed by atoms with Crippen molar-refractivity contribution in [1.29, 1.82) is 0 Å². The van der Waals surface area contributed by atoms with Crippen molar-refractivity contribution in [2.24, 2.45) is 0 Å². The van der Waals surface area contributed by atoms with Crippen LogP contribution in [0.25, 0.3) is 0 Å². The van der Waals surface area contributed by atoms with Crippen LogP contribution in [0, 0.1) is 6.92 Å². The molecule has 0 spiro atoms. The third kappa shape index (κ3) is 3.39. The summed E-state index contributed by atoms with van der Waals surface area (Å²) in [5.74, 6) is -0.926. The van der Waals surface area contributed by atoms with Crippen molar-refractivity contribution in [1.82, 2.24) is 0 Å². The fraction of sp³-hybridized carbons (Fsp3) is 0.188. The summed E-state index contributed by atoms with van der Waals surface area (Å²) >= 11 is 3.30. The standard InChI is InChI=1S/C16H16BrNO2/c1-11-3-5-12(6-4-11)10-18(2)13-7-8-14(16(19)20)15(17)9-13/h3-9H,10H2,1-2H3,(H,19,20). The summed E-state index contributed by atoms with van der Waals surface area (Å²) in [6, 6.07) is 13.7. The highest BCUT2D eigenvalue weighted by molar-refractivity contribution is 9.10. The second kappa shape index (κ2) is 6.09. The third-order valence-electron chi connectivity index (χ3n) is 3.16. The molecule has 0 atom stereocenters. The van der Waals surface area contributed by atoms with E-state index in [-0.39, 0.29) is 5.56 Å². The van der Waals surface area contributed by atoms with Crippen molar-refractivity contribution in [3.05, 3.63) is 63.6 Å². The van der Waals surface area contributed by atoms with E-state index in [0.717, 1.165) is 12.2 Å². The molecule has 0 bridgehead atoms. The van der Waals surface area contributed by atoms with Gasteiger partial charge in [-0.2, -0.15) is 0 Å². The number of nitrogens with zero attached hydrogens (tertiary/aromatic N) is 1. The van der Waals surface area contributed by atoms with Crippen LogP contribution in [0.2, 0.25) is 0 Å². The maximum absolute atomic E-state index is 11.0. The van der Waals surface area contributed by atoms with Gasteiger partial charge in [0.15, 0.2) is 0 Å². The van der Waals surface area contributed by atoms with Gasteiger partial charge in [0.05, 0.1) is 5.56 Å². The van der Waals surface area contributed by atoms with Crippen LogP contribution in [0.15, 0.2) is 46.9 Å². The molecule has 3 nitrogen and oxygen atoms in total. The minimum absolute atomic E-state index is 0.275. The monoisotopic (exact) mass is 333 g/mol. The number of anilines is 1. The molecule has 0 unspecified atom stereocenters. The van der Waals surface area contributed by atoms with Gasteiger partial charge in [-0.25, -0.2) is 4.79 Å². The Labute approximate surface area is 127 Å². The molecule has 0 aromatic heterocycles. The summed E-state index contributed by atoms with van der Waals surface area (Å²) in [5.41, 5.74) is 3.71. The van der Waals surface area contributed by atoms with Crippen molar-refractivity contribution >= 4 is 27.6 Å². The number of carboxylic acid groups (broad SMARTS) is 1. The van der Waals surface area contributed by atoms with Crippen LogP contribution < -0.4 is 4.90 Å². The first-order chi connectivity index (χ1) is 9.47. The van der Waals surface area contributed by atoms with Gasteiger partial charge in [-0.3, -0.25) is 0 Å². The molecule has 104 valence electrons. The molecule has 20 heavy (non-hydrogen) atoms. The molecule has 2 aromatic rings. The summed E-state index contributed by atoms with van der Waals surface area (Å²) < 4.78 is 0.596. The Bertz CT molecular complexity index is 623. The SMILES string of the molecule is Cc1ccc(CN(C)c2ccc(C(=O)O)c(Br)c2)cc1.